The summed E-state index contributed by atoms with van der Waals surface area (Å²) in [5.74, 6) is 0.0427. The molecule has 0 aromatic heterocycles. The summed E-state index contributed by atoms with van der Waals surface area (Å²) in [5, 5.41) is 16.6. The van der Waals surface area contributed by atoms with E-state index < -0.39 is 5.60 Å². The van der Waals surface area contributed by atoms with E-state index in [1.54, 1.807) is 0 Å². The number of hydrogen-bond donors (Lipinski definition) is 3. The Labute approximate surface area is 121 Å². The highest BCUT2D eigenvalue weighted by Crippen LogP contribution is 2.30. The average Bonchev–Trinajstić information content (AvgIpc) is 2.47. The molecule has 3 N–H and O–H groups in total. The fourth-order valence-electron chi connectivity index (χ4n) is 3.30. The van der Waals surface area contributed by atoms with Crippen molar-refractivity contribution in [3.05, 3.63) is 0 Å². The van der Waals surface area contributed by atoms with Gasteiger partial charge in [0.25, 0.3) is 0 Å². The highest BCUT2D eigenvalue weighted by molar-refractivity contribution is 5.77. The number of aliphatic hydroxyl groups is 1. The minimum absolute atomic E-state index is 0.0410. The van der Waals surface area contributed by atoms with Gasteiger partial charge in [-0.3, -0.25) is 4.79 Å². The van der Waals surface area contributed by atoms with Crippen molar-refractivity contribution >= 4 is 5.91 Å². The van der Waals surface area contributed by atoms with Crippen LogP contribution < -0.4 is 10.6 Å². The third-order valence-electron chi connectivity index (χ3n) is 4.88. The average molecular weight is 284 g/mol. The Bertz CT molecular complexity index is 321. The molecule has 0 spiro atoms. The monoisotopic (exact) mass is 284 g/mol. The van der Waals surface area contributed by atoms with E-state index >= 15 is 0 Å². The van der Waals surface area contributed by atoms with Crippen LogP contribution in [0, 0.1) is 0 Å². The minimum Gasteiger partial charge on any atom is -0.388 e. The fourth-order valence-corrected chi connectivity index (χ4v) is 3.30. The van der Waals surface area contributed by atoms with E-state index in [1.807, 2.05) is 7.05 Å². The van der Waals surface area contributed by atoms with Crippen LogP contribution in [0.25, 0.3) is 0 Å². The van der Waals surface area contributed by atoms with Crippen LogP contribution in [0.15, 0.2) is 0 Å². The predicted molar refractivity (Wildman–Crippen MR) is 77.5 cm³/mol. The van der Waals surface area contributed by atoms with Gasteiger partial charge in [-0.15, -0.1) is 0 Å². The minimum atomic E-state index is -0.784. The van der Waals surface area contributed by atoms with Gasteiger partial charge >= 0.3 is 0 Å². The zero-order valence-corrected chi connectivity index (χ0v) is 12.5. The number of hydrogen-bond acceptors (Lipinski definition) is 4. The highest BCUT2D eigenvalue weighted by Gasteiger charge is 2.34. The molecule has 2 aliphatic rings. The van der Waals surface area contributed by atoms with Crippen molar-refractivity contribution in [2.75, 3.05) is 26.8 Å². The molecule has 0 atom stereocenters. The van der Waals surface area contributed by atoms with E-state index in [1.165, 1.54) is 19.3 Å². The topological polar surface area (TPSA) is 70.6 Å². The molecule has 20 heavy (non-hydrogen) atoms. The van der Waals surface area contributed by atoms with Gasteiger partial charge in [-0.25, -0.2) is 0 Å². The molecule has 2 rings (SSSR count). The number of nitrogens with one attached hydrogen (secondary N) is 2. The van der Waals surface area contributed by atoms with Gasteiger partial charge in [-0.05, 0) is 19.9 Å². The molecule has 116 valence electrons. The largest absolute Gasteiger partial charge is 0.388 e. The summed E-state index contributed by atoms with van der Waals surface area (Å²) in [7, 11) is 1.95. The predicted octanol–water partition coefficient (Wildman–Crippen LogP) is 0.956. The summed E-state index contributed by atoms with van der Waals surface area (Å²) in [6.07, 6.45) is 7.49. The Hall–Kier alpha value is -0.650. The highest BCUT2D eigenvalue weighted by atomic mass is 16.5. The summed E-state index contributed by atoms with van der Waals surface area (Å²) >= 11 is 0. The molecule has 0 radical (unpaired) electrons. The molecule has 2 fully saturated rings. The Kier molecular flexibility index (Phi) is 5.41. The summed E-state index contributed by atoms with van der Waals surface area (Å²) < 4.78 is 5.24. The van der Waals surface area contributed by atoms with Crippen LogP contribution >= 0.6 is 0 Å². The smallest absolute Gasteiger partial charge is 0.221 e. The van der Waals surface area contributed by atoms with Crippen LogP contribution in [0.4, 0.5) is 0 Å². The molecule has 0 aromatic rings. The first kappa shape index (κ1) is 15.7. The van der Waals surface area contributed by atoms with E-state index in [2.05, 4.69) is 10.6 Å². The van der Waals surface area contributed by atoms with Gasteiger partial charge in [0, 0.05) is 44.6 Å². The number of carbonyl (C=O) groups excluding carboxylic acids is 1. The molecule has 1 aliphatic carbocycles. The van der Waals surface area contributed by atoms with E-state index in [0.29, 0.717) is 39.0 Å². The van der Waals surface area contributed by atoms with Crippen LogP contribution in [-0.4, -0.2) is 49.0 Å². The molecule has 1 saturated carbocycles. The molecule has 1 aliphatic heterocycles. The fraction of sp³-hybridized carbons (Fsp3) is 0.933. The zero-order valence-electron chi connectivity index (χ0n) is 12.5. The van der Waals surface area contributed by atoms with Gasteiger partial charge in [-0.2, -0.15) is 0 Å². The van der Waals surface area contributed by atoms with Gasteiger partial charge in [0.1, 0.15) is 0 Å². The number of amides is 1. The second-order valence-electron chi connectivity index (χ2n) is 6.38. The van der Waals surface area contributed by atoms with E-state index in [4.69, 9.17) is 4.74 Å². The molecule has 1 amide bonds. The molecule has 0 aromatic carbocycles. The second kappa shape index (κ2) is 6.87. The maximum absolute atomic E-state index is 12.2. The molecule has 0 unspecified atom stereocenters. The molecule has 5 nitrogen and oxygen atoms in total. The van der Waals surface area contributed by atoms with Crippen LogP contribution in [0.3, 0.4) is 0 Å². The lowest BCUT2D eigenvalue weighted by molar-refractivity contribution is -0.125. The second-order valence-corrected chi connectivity index (χ2v) is 6.38. The van der Waals surface area contributed by atoms with Crippen LogP contribution in [0.2, 0.25) is 0 Å². The quantitative estimate of drug-likeness (QED) is 0.703. The van der Waals surface area contributed by atoms with Gasteiger partial charge in [-0.1, -0.05) is 19.3 Å². The van der Waals surface area contributed by atoms with Gasteiger partial charge in [0.05, 0.1) is 5.60 Å². The maximum atomic E-state index is 12.2. The zero-order chi connectivity index (χ0) is 14.5. The summed E-state index contributed by atoms with van der Waals surface area (Å²) in [6.45, 7) is 1.49. The Morgan fingerprint density at radius 2 is 1.80 bits per heavy atom. The van der Waals surface area contributed by atoms with Crippen molar-refractivity contribution < 1.29 is 14.6 Å². The van der Waals surface area contributed by atoms with Crippen molar-refractivity contribution in [3.63, 3.8) is 0 Å². The van der Waals surface area contributed by atoms with E-state index in [9.17, 15) is 9.90 Å². The van der Waals surface area contributed by atoms with Crippen molar-refractivity contribution in [3.8, 4) is 0 Å². The van der Waals surface area contributed by atoms with Crippen LogP contribution in [-0.2, 0) is 9.53 Å². The van der Waals surface area contributed by atoms with E-state index in [-0.39, 0.29) is 11.4 Å². The SMILES string of the molecule is CNC1(CC(=O)NCC2(O)CCOCC2)CCCCC1. The third-order valence-corrected chi connectivity index (χ3v) is 4.88. The maximum Gasteiger partial charge on any atom is 0.221 e. The molecular weight excluding hydrogens is 256 g/mol. The number of ether oxygens (including phenoxy) is 1. The molecule has 1 saturated heterocycles. The first-order chi connectivity index (χ1) is 9.58. The summed E-state index contributed by atoms with van der Waals surface area (Å²) in [4.78, 5) is 12.2. The normalized spacial score (nSPS) is 25.1. The summed E-state index contributed by atoms with van der Waals surface area (Å²) in [5.41, 5.74) is -0.825. The van der Waals surface area contributed by atoms with Crippen LogP contribution in [0.1, 0.15) is 51.4 Å². The van der Waals surface area contributed by atoms with Gasteiger partial charge in [0.2, 0.25) is 5.91 Å². The van der Waals surface area contributed by atoms with Crippen molar-refractivity contribution in [2.24, 2.45) is 0 Å². The van der Waals surface area contributed by atoms with E-state index in [0.717, 1.165) is 12.8 Å². The van der Waals surface area contributed by atoms with Crippen molar-refractivity contribution in [2.45, 2.75) is 62.5 Å². The first-order valence-corrected chi connectivity index (χ1v) is 7.83. The Morgan fingerprint density at radius 3 is 2.40 bits per heavy atom. The lowest BCUT2D eigenvalue weighted by Gasteiger charge is -2.37. The Morgan fingerprint density at radius 1 is 1.15 bits per heavy atom. The lowest BCUT2D eigenvalue weighted by atomic mass is 9.79. The lowest BCUT2D eigenvalue weighted by Crippen LogP contribution is -2.51. The first-order valence-electron chi connectivity index (χ1n) is 7.83. The number of carbonyl (C=O) groups is 1. The van der Waals surface area contributed by atoms with Crippen LogP contribution in [0.5, 0.6) is 0 Å². The Balaban J connectivity index is 1.79. The van der Waals surface area contributed by atoms with Crippen molar-refractivity contribution in [1.82, 2.24) is 10.6 Å². The van der Waals surface area contributed by atoms with Crippen molar-refractivity contribution in [1.29, 1.82) is 0 Å². The van der Waals surface area contributed by atoms with Gasteiger partial charge < -0.3 is 20.5 Å². The van der Waals surface area contributed by atoms with Gasteiger partial charge in [0.15, 0.2) is 0 Å². The standard InChI is InChI=1S/C15H28N2O3/c1-16-14(5-3-2-4-6-14)11-13(18)17-12-15(19)7-9-20-10-8-15/h16,19H,2-12H2,1H3,(H,17,18). The molecule has 5 heteroatoms. The molecular formula is C15H28N2O3. The third kappa shape index (κ3) is 4.17. The molecule has 0 bridgehead atoms. The summed E-state index contributed by atoms with van der Waals surface area (Å²) in [6, 6.07) is 0. The number of rotatable bonds is 5. The molecule has 1 heterocycles.